The topological polar surface area (TPSA) is 0 Å². The van der Waals surface area contributed by atoms with Gasteiger partial charge in [-0.2, -0.15) is 22.3 Å². The van der Waals surface area contributed by atoms with Crippen molar-refractivity contribution in [2.24, 2.45) is 0 Å². The van der Waals surface area contributed by atoms with Gasteiger partial charge < -0.3 is 37.2 Å². The molecule has 0 bridgehead atoms. The van der Waals surface area contributed by atoms with Gasteiger partial charge in [0.05, 0.1) is 0 Å². The molecule has 0 heterocycles. The SMILES string of the molecule is Cc1ccc(Cc2cc(Cc3ccc(C)cc3)cc([Si](c3cc(Cc4ccc(C)cc4)cc(Cc4ccc(C)cc4)c3)(c3cc(Cc4ccc(C)cc4)cc(Cc4ccc(C)cc4)c3)[c-]3c(C)c(C)c(C)c3C)c2)cc1.[Cl-].[Cl-].[Cl-].[Ti+4]. The van der Waals surface area contributed by atoms with Crippen molar-refractivity contribution in [1.29, 1.82) is 0 Å². The van der Waals surface area contributed by atoms with E-state index in [0.717, 1.165) is 38.5 Å². The third-order valence-corrected chi connectivity index (χ3v) is 21.4. The third kappa shape index (κ3) is 14.6. The molecule has 0 aromatic heterocycles. The summed E-state index contributed by atoms with van der Waals surface area (Å²) in [5.74, 6) is 0. The minimum absolute atomic E-state index is 0. The zero-order chi connectivity index (χ0) is 53.1. The number of halogens is 3. The van der Waals surface area contributed by atoms with Crippen LogP contribution in [-0.4, -0.2) is 8.07 Å². The Morgan fingerprint density at radius 1 is 0.237 bits per heavy atom. The van der Waals surface area contributed by atoms with Crippen LogP contribution < -0.4 is 58.0 Å². The molecule has 0 amide bonds. The maximum Gasteiger partial charge on any atom is 4.00 e. The molecule has 10 aromatic rings. The van der Waals surface area contributed by atoms with Crippen molar-refractivity contribution in [3.63, 3.8) is 0 Å². The van der Waals surface area contributed by atoms with E-state index in [-0.39, 0.29) is 58.9 Å². The van der Waals surface area contributed by atoms with Crippen molar-refractivity contribution in [3.8, 4) is 0 Å². The van der Waals surface area contributed by atoms with Gasteiger partial charge in [-0.3, -0.25) is 0 Å². The number of aryl methyl sites for hydroxylation is 6. The van der Waals surface area contributed by atoms with Crippen molar-refractivity contribution in [2.45, 2.75) is 108 Å². The first-order chi connectivity index (χ1) is 36.6. The van der Waals surface area contributed by atoms with Crippen LogP contribution in [0.15, 0.2) is 200 Å². The van der Waals surface area contributed by atoms with Crippen LogP contribution in [0.4, 0.5) is 0 Å². The molecule has 0 saturated carbocycles. The molecule has 0 aliphatic rings. The van der Waals surface area contributed by atoms with Crippen LogP contribution in [0.2, 0.25) is 0 Å². The fourth-order valence-electron chi connectivity index (χ4n) is 11.9. The van der Waals surface area contributed by atoms with Crippen LogP contribution in [0.25, 0.3) is 0 Å². The van der Waals surface area contributed by atoms with Gasteiger partial charge in [0.25, 0.3) is 0 Å². The molecule has 10 aromatic carbocycles. The van der Waals surface area contributed by atoms with E-state index in [1.54, 1.807) is 5.19 Å². The molecule has 0 unspecified atom stereocenters. The molecule has 0 saturated heterocycles. The van der Waals surface area contributed by atoms with Gasteiger partial charge in [0.15, 0.2) is 0 Å². The molecule has 5 heteroatoms. The first-order valence-corrected chi connectivity index (χ1v) is 29.6. The first-order valence-electron chi connectivity index (χ1n) is 27.6. The van der Waals surface area contributed by atoms with Gasteiger partial charge >= 0.3 is 21.7 Å². The van der Waals surface area contributed by atoms with E-state index < -0.39 is 8.07 Å². The molecule has 0 radical (unpaired) electrons. The van der Waals surface area contributed by atoms with Gasteiger partial charge in [0.2, 0.25) is 0 Å². The molecule has 0 aliphatic heterocycles. The zero-order valence-corrected chi connectivity index (χ0v) is 53.3. The average molecular weight is 1160 g/mol. The summed E-state index contributed by atoms with van der Waals surface area (Å²) in [7, 11) is -3.34. The number of rotatable bonds is 16. The second-order valence-corrected chi connectivity index (χ2v) is 26.4. The number of hydrogen-bond acceptors (Lipinski definition) is 0. The molecule has 0 N–H and O–H groups in total. The van der Waals surface area contributed by atoms with E-state index in [2.05, 4.69) is 269 Å². The summed E-state index contributed by atoms with van der Waals surface area (Å²) < 4.78 is 0. The Labute approximate surface area is 514 Å². The predicted molar refractivity (Wildman–Crippen MR) is 329 cm³/mol. The van der Waals surface area contributed by atoms with E-state index >= 15 is 0 Å². The second-order valence-electron chi connectivity index (χ2n) is 22.7. The van der Waals surface area contributed by atoms with E-state index in [1.165, 1.54) is 138 Å². The molecule has 0 aliphatic carbocycles. The van der Waals surface area contributed by atoms with Crippen LogP contribution in [0, 0.1) is 69.2 Å². The fraction of sp³-hybridized carbons (Fsp3) is 0.213. The van der Waals surface area contributed by atoms with Crippen LogP contribution in [0.3, 0.4) is 0 Å². The molecule has 0 atom stereocenters. The Kier molecular flexibility index (Phi) is 21.9. The quantitative estimate of drug-likeness (QED) is 0.0596. The summed E-state index contributed by atoms with van der Waals surface area (Å²) in [4.78, 5) is 0. The third-order valence-electron chi connectivity index (χ3n) is 16.4. The van der Waals surface area contributed by atoms with Crippen molar-refractivity contribution in [3.05, 3.63) is 323 Å². The summed E-state index contributed by atoms with van der Waals surface area (Å²) in [6.45, 7) is 22.8. The van der Waals surface area contributed by atoms with Crippen LogP contribution in [0.5, 0.6) is 0 Å². The number of benzene rings is 9. The molecular weight excluding hydrogens is 1080 g/mol. The Bertz CT molecular complexity index is 3080. The van der Waals surface area contributed by atoms with Crippen molar-refractivity contribution in [1.82, 2.24) is 0 Å². The molecule has 0 fully saturated rings. The smallest absolute Gasteiger partial charge is 1.00 e. The summed E-state index contributed by atoms with van der Waals surface area (Å²) in [5.41, 5.74) is 29.6. The Hall–Kier alpha value is -5.87. The second kappa shape index (κ2) is 27.7. The van der Waals surface area contributed by atoms with Crippen LogP contribution >= 0.6 is 0 Å². The number of hydrogen-bond donors (Lipinski definition) is 0. The van der Waals surface area contributed by atoms with Gasteiger partial charge in [-0.05, 0) is 147 Å². The molecule has 0 spiro atoms. The van der Waals surface area contributed by atoms with E-state index in [1.807, 2.05) is 0 Å². The van der Waals surface area contributed by atoms with Gasteiger partial charge in [-0.15, -0.1) is 5.19 Å². The van der Waals surface area contributed by atoms with Crippen molar-refractivity contribution >= 4 is 28.8 Å². The Morgan fingerprint density at radius 2 is 0.400 bits per heavy atom. The average Bonchev–Trinajstić information content (AvgIpc) is 3.76. The zero-order valence-electron chi connectivity index (χ0n) is 48.4. The van der Waals surface area contributed by atoms with E-state index in [0.29, 0.717) is 0 Å². The minimum Gasteiger partial charge on any atom is -1.00 e. The Morgan fingerprint density at radius 3 is 0.562 bits per heavy atom. The van der Waals surface area contributed by atoms with Gasteiger partial charge in [-0.1, -0.05) is 277 Å². The molecular formula is C75H75Cl3SiTi. The molecule has 0 nitrogen and oxygen atoms in total. The summed E-state index contributed by atoms with van der Waals surface area (Å²) in [6.07, 6.45) is 5.14. The van der Waals surface area contributed by atoms with Crippen LogP contribution in [-0.2, 0) is 60.2 Å². The van der Waals surface area contributed by atoms with E-state index in [4.69, 9.17) is 0 Å². The normalized spacial score (nSPS) is 11.0. The summed E-state index contributed by atoms with van der Waals surface area (Å²) in [6, 6.07) is 78.9. The monoisotopic (exact) mass is 1160 g/mol. The van der Waals surface area contributed by atoms with Gasteiger partial charge in [0, 0.05) is 0 Å². The minimum atomic E-state index is -3.34. The first kappa shape index (κ1) is 63.3. The van der Waals surface area contributed by atoms with E-state index in [9.17, 15) is 0 Å². The van der Waals surface area contributed by atoms with Crippen molar-refractivity contribution < 1.29 is 58.9 Å². The molecule has 404 valence electrons. The van der Waals surface area contributed by atoms with Gasteiger partial charge in [-0.25, -0.2) is 0 Å². The van der Waals surface area contributed by atoms with Gasteiger partial charge in [0.1, 0.15) is 8.07 Å². The molecule has 10 rings (SSSR count). The Balaban J connectivity index is 0.00000258. The van der Waals surface area contributed by atoms with Crippen molar-refractivity contribution in [2.75, 3.05) is 0 Å². The largest absolute Gasteiger partial charge is 4.00 e. The maximum atomic E-state index is 2.67. The fourth-order valence-corrected chi connectivity index (χ4v) is 17.7. The summed E-state index contributed by atoms with van der Waals surface area (Å²) in [5, 5.41) is 5.91. The summed E-state index contributed by atoms with van der Waals surface area (Å²) >= 11 is 0. The molecule has 80 heavy (non-hydrogen) atoms. The predicted octanol–water partition coefficient (Wildman–Crippen LogP) is 6.42. The van der Waals surface area contributed by atoms with Crippen LogP contribution in [0.1, 0.15) is 122 Å². The standard InChI is InChI=1S/C75H75Si.3ClH.Ti/c1-50-11-23-60(24-12-50)35-66-41-67(36-61-25-13-51(2)14-26-61)45-72(44-66)76(75-58(9)56(7)57(8)59(75)10,73-46-68(37-62-27-15-52(3)16-28-62)42-69(47-73)38-63-29-17-53(4)18-30-63)74-48-70(39-64-31-19-54(5)20-32-64)43-71(49-74)40-65-33-21-55(6)22-34-65;;;;/h11-34,41-49H,35-40H2,1-10H3;3*1H;/q-1;;;;+4/p-3. The maximum absolute atomic E-state index is 3.34.